The lowest BCUT2D eigenvalue weighted by Gasteiger charge is -2.02. The Hall–Kier alpha value is -0.130. The molecule has 0 atom stereocenters. The molecule has 0 saturated carbocycles. The molecule has 0 fully saturated rings. The minimum atomic E-state index is 0.283. The third-order valence-electron chi connectivity index (χ3n) is 1.79. The van der Waals surface area contributed by atoms with Gasteiger partial charge in [0.05, 0.1) is 3.39 Å². The van der Waals surface area contributed by atoms with Crippen LogP contribution in [-0.2, 0) is 0 Å². The van der Waals surface area contributed by atoms with E-state index in [9.17, 15) is 0 Å². The molecule has 0 saturated heterocycles. The Balaban J connectivity index is 2.47. The molecule has 0 amide bonds. The van der Waals surface area contributed by atoms with Gasteiger partial charge < -0.3 is 9.47 Å². The maximum atomic E-state index is 5.26. The van der Waals surface area contributed by atoms with Crippen molar-refractivity contribution in [2.75, 3.05) is 6.79 Å². The average Bonchev–Trinajstić information content (AvgIpc) is 2.51. The predicted molar refractivity (Wildman–Crippen MR) is 65.6 cm³/mol. The molecule has 1 heterocycles. The first kappa shape index (κ1) is 10.4. The largest absolute Gasteiger partial charge is 0.454 e. The summed E-state index contributed by atoms with van der Waals surface area (Å²) in [6, 6.07) is 3.74. The second-order valence-electron chi connectivity index (χ2n) is 2.70. The standard InChI is InChI=1S/C9H6Br2O2S/c10-9(11)2-5-1-6-7(3-8(5)14)13-4-12-6/h1-3,14H,4H2. The molecule has 2 nitrogen and oxygen atoms in total. The second kappa shape index (κ2) is 4.16. The summed E-state index contributed by atoms with van der Waals surface area (Å²) in [5, 5.41) is 0. The van der Waals surface area contributed by atoms with Gasteiger partial charge in [0, 0.05) is 4.90 Å². The number of thiol groups is 1. The van der Waals surface area contributed by atoms with Crippen molar-refractivity contribution in [3.63, 3.8) is 0 Å². The molecule has 0 spiro atoms. The van der Waals surface area contributed by atoms with Gasteiger partial charge in [0.25, 0.3) is 0 Å². The van der Waals surface area contributed by atoms with Crippen LogP contribution in [-0.4, -0.2) is 6.79 Å². The van der Waals surface area contributed by atoms with E-state index in [4.69, 9.17) is 9.47 Å². The molecule has 1 aliphatic heterocycles. The van der Waals surface area contributed by atoms with Crippen LogP contribution >= 0.6 is 44.5 Å². The Kier molecular flexibility index (Phi) is 3.09. The maximum Gasteiger partial charge on any atom is 0.231 e. The smallest absolute Gasteiger partial charge is 0.231 e. The van der Waals surface area contributed by atoms with Gasteiger partial charge in [0.15, 0.2) is 11.5 Å². The van der Waals surface area contributed by atoms with E-state index in [0.29, 0.717) is 0 Å². The molecule has 0 N–H and O–H groups in total. The van der Waals surface area contributed by atoms with Crippen LogP contribution in [0.15, 0.2) is 20.4 Å². The van der Waals surface area contributed by atoms with Crippen molar-refractivity contribution >= 4 is 50.6 Å². The van der Waals surface area contributed by atoms with E-state index in [1.165, 1.54) is 0 Å². The van der Waals surface area contributed by atoms with Crippen molar-refractivity contribution in [3.05, 3.63) is 21.1 Å². The molecule has 14 heavy (non-hydrogen) atoms. The number of ether oxygens (including phenoxy) is 2. The van der Waals surface area contributed by atoms with E-state index in [1.54, 1.807) is 0 Å². The number of fused-ring (bicyclic) bond motifs is 1. The van der Waals surface area contributed by atoms with Crippen molar-refractivity contribution in [2.24, 2.45) is 0 Å². The zero-order valence-corrected chi connectivity index (χ0v) is 11.0. The van der Waals surface area contributed by atoms with Gasteiger partial charge in [-0.25, -0.2) is 0 Å². The minimum absolute atomic E-state index is 0.283. The lowest BCUT2D eigenvalue weighted by atomic mass is 10.2. The summed E-state index contributed by atoms with van der Waals surface area (Å²) >= 11 is 10.9. The first-order valence-corrected chi connectivity index (χ1v) is 5.85. The Morgan fingerprint density at radius 3 is 2.57 bits per heavy atom. The molecule has 74 valence electrons. The van der Waals surface area contributed by atoms with Gasteiger partial charge in [-0.05, 0) is 55.6 Å². The number of benzene rings is 1. The van der Waals surface area contributed by atoms with Gasteiger partial charge in [-0.1, -0.05) is 0 Å². The monoisotopic (exact) mass is 336 g/mol. The van der Waals surface area contributed by atoms with Crippen LogP contribution in [0.5, 0.6) is 11.5 Å². The highest BCUT2D eigenvalue weighted by Gasteiger charge is 2.15. The molecule has 0 bridgehead atoms. The minimum Gasteiger partial charge on any atom is -0.454 e. The Morgan fingerprint density at radius 1 is 1.29 bits per heavy atom. The van der Waals surface area contributed by atoms with Gasteiger partial charge >= 0.3 is 0 Å². The topological polar surface area (TPSA) is 18.5 Å². The fourth-order valence-corrected chi connectivity index (χ4v) is 1.92. The van der Waals surface area contributed by atoms with E-state index in [1.807, 2.05) is 18.2 Å². The predicted octanol–water partition coefficient (Wildman–Crippen LogP) is 3.79. The third kappa shape index (κ3) is 2.10. The second-order valence-corrected chi connectivity index (χ2v) is 5.95. The summed E-state index contributed by atoms with van der Waals surface area (Å²) in [7, 11) is 0. The molecule has 5 heteroatoms. The van der Waals surface area contributed by atoms with Crippen LogP contribution in [0.3, 0.4) is 0 Å². The molecular formula is C9H6Br2O2S. The van der Waals surface area contributed by atoms with E-state index >= 15 is 0 Å². The van der Waals surface area contributed by atoms with E-state index in [0.717, 1.165) is 25.3 Å². The third-order valence-corrected chi connectivity index (χ3v) is 2.63. The van der Waals surface area contributed by atoms with Crippen molar-refractivity contribution in [1.29, 1.82) is 0 Å². The number of hydrogen-bond donors (Lipinski definition) is 1. The average molecular weight is 338 g/mol. The SMILES string of the molecule is Sc1cc2c(cc1C=C(Br)Br)OCO2. The summed E-state index contributed by atoms with van der Waals surface area (Å²) in [5.41, 5.74) is 0.973. The molecule has 0 aliphatic carbocycles. The van der Waals surface area contributed by atoms with Crippen LogP contribution < -0.4 is 9.47 Å². The first-order chi connectivity index (χ1) is 6.66. The quantitative estimate of drug-likeness (QED) is 0.786. The Bertz CT molecular complexity index is 400. The highest BCUT2D eigenvalue weighted by Crippen LogP contribution is 2.37. The van der Waals surface area contributed by atoms with Gasteiger partial charge in [0.1, 0.15) is 0 Å². The molecular weight excluding hydrogens is 332 g/mol. The van der Waals surface area contributed by atoms with Gasteiger partial charge in [0.2, 0.25) is 6.79 Å². The number of hydrogen-bond acceptors (Lipinski definition) is 3. The normalized spacial score (nSPS) is 12.8. The van der Waals surface area contributed by atoms with Crippen LogP contribution in [0.4, 0.5) is 0 Å². The summed E-state index contributed by atoms with van der Waals surface area (Å²) in [4.78, 5) is 0.852. The fourth-order valence-electron chi connectivity index (χ4n) is 1.18. The van der Waals surface area contributed by atoms with Crippen molar-refractivity contribution in [1.82, 2.24) is 0 Å². The van der Waals surface area contributed by atoms with Crippen LogP contribution in [0.2, 0.25) is 0 Å². The van der Waals surface area contributed by atoms with Gasteiger partial charge in [-0.2, -0.15) is 0 Å². The zero-order valence-electron chi connectivity index (χ0n) is 6.96. The van der Waals surface area contributed by atoms with Crippen molar-refractivity contribution in [3.8, 4) is 11.5 Å². The maximum absolute atomic E-state index is 5.26. The molecule has 0 aromatic heterocycles. The summed E-state index contributed by atoms with van der Waals surface area (Å²) < 4.78 is 11.3. The van der Waals surface area contributed by atoms with Gasteiger partial charge in [-0.3, -0.25) is 0 Å². The molecule has 2 rings (SSSR count). The Morgan fingerprint density at radius 2 is 1.93 bits per heavy atom. The molecule has 0 radical (unpaired) electrons. The lowest BCUT2D eigenvalue weighted by Crippen LogP contribution is -1.92. The summed E-state index contributed by atoms with van der Waals surface area (Å²) in [6.07, 6.45) is 1.91. The van der Waals surface area contributed by atoms with Crippen molar-refractivity contribution in [2.45, 2.75) is 4.90 Å². The molecule has 1 aromatic rings. The first-order valence-electron chi connectivity index (χ1n) is 3.82. The van der Waals surface area contributed by atoms with E-state index in [-0.39, 0.29) is 6.79 Å². The van der Waals surface area contributed by atoms with Crippen LogP contribution in [0.1, 0.15) is 5.56 Å². The highest BCUT2D eigenvalue weighted by molar-refractivity contribution is 9.28. The van der Waals surface area contributed by atoms with E-state index < -0.39 is 0 Å². The van der Waals surface area contributed by atoms with Crippen molar-refractivity contribution < 1.29 is 9.47 Å². The number of halogens is 2. The summed E-state index contributed by atoms with van der Waals surface area (Å²) in [6.45, 7) is 0.283. The van der Waals surface area contributed by atoms with E-state index in [2.05, 4.69) is 44.5 Å². The lowest BCUT2D eigenvalue weighted by molar-refractivity contribution is 0.174. The molecule has 0 unspecified atom stereocenters. The number of rotatable bonds is 1. The molecule has 1 aliphatic rings. The van der Waals surface area contributed by atoms with Gasteiger partial charge in [-0.15, -0.1) is 12.6 Å². The highest BCUT2D eigenvalue weighted by atomic mass is 79.9. The zero-order chi connectivity index (χ0) is 10.1. The van der Waals surface area contributed by atoms with Crippen LogP contribution in [0.25, 0.3) is 6.08 Å². The fraction of sp³-hybridized carbons (Fsp3) is 0.111. The molecule has 1 aromatic carbocycles. The summed E-state index contributed by atoms with van der Waals surface area (Å²) in [5.74, 6) is 1.51. The van der Waals surface area contributed by atoms with Crippen LogP contribution in [0, 0.1) is 0 Å². The Labute approximate surface area is 104 Å².